The lowest BCUT2D eigenvalue weighted by Crippen LogP contribution is -2.53. The van der Waals surface area contributed by atoms with Crippen molar-refractivity contribution in [2.75, 3.05) is 7.05 Å². The Hall–Kier alpha value is -2.97. The van der Waals surface area contributed by atoms with E-state index < -0.39 is 5.92 Å². The van der Waals surface area contributed by atoms with Gasteiger partial charge in [0.15, 0.2) is 5.96 Å². The van der Waals surface area contributed by atoms with Crippen LogP contribution in [0.25, 0.3) is 22.2 Å². The van der Waals surface area contributed by atoms with Crippen molar-refractivity contribution in [3.8, 4) is 11.3 Å². The third-order valence-corrected chi connectivity index (χ3v) is 6.83. The minimum atomic E-state index is -0.451. The number of guanidine groups is 1. The molecule has 0 radical (unpaired) electrons. The molecular formula is C22H17BrN4O2S. The van der Waals surface area contributed by atoms with Crippen LogP contribution in [0.4, 0.5) is 0 Å². The van der Waals surface area contributed by atoms with Crippen molar-refractivity contribution in [2.24, 2.45) is 0 Å². The first-order chi connectivity index (χ1) is 14.5. The van der Waals surface area contributed by atoms with Crippen molar-refractivity contribution in [1.82, 2.24) is 15.2 Å². The molecule has 1 saturated heterocycles. The normalized spacial score (nSPS) is 19.3. The van der Waals surface area contributed by atoms with Gasteiger partial charge < -0.3 is 9.73 Å². The molecule has 8 heteroatoms. The number of thiophene rings is 1. The fourth-order valence-corrected chi connectivity index (χ4v) is 4.96. The molecule has 1 aromatic carbocycles. The number of aromatic nitrogens is 1. The molecule has 0 saturated carbocycles. The second kappa shape index (κ2) is 7.37. The monoisotopic (exact) mass is 480 g/mol. The number of benzene rings is 1. The van der Waals surface area contributed by atoms with Crippen LogP contribution >= 0.6 is 27.3 Å². The van der Waals surface area contributed by atoms with Crippen molar-refractivity contribution in [2.45, 2.75) is 12.0 Å². The Kier molecular flexibility index (Phi) is 4.67. The lowest BCUT2D eigenvalue weighted by atomic mass is 9.87. The molecule has 0 unspecified atom stereocenters. The largest absolute Gasteiger partial charge is 0.464 e. The number of nitrogens with one attached hydrogen (secondary N) is 2. The first-order valence-corrected chi connectivity index (χ1v) is 11.0. The number of likely N-dealkylation sites (N-methyl/N-ethyl adjacent to an activating group) is 1. The number of amides is 1. The minimum absolute atomic E-state index is 0.0994. The molecule has 4 aromatic rings. The summed E-state index contributed by atoms with van der Waals surface area (Å²) in [7, 11) is 1.63. The minimum Gasteiger partial charge on any atom is -0.464 e. The maximum Gasteiger partial charge on any atom is 0.239 e. The highest BCUT2D eigenvalue weighted by molar-refractivity contribution is 9.10. The van der Waals surface area contributed by atoms with E-state index in [1.165, 1.54) is 4.90 Å². The van der Waals surface area contributed by atoms with Gasteiger partial charge in [-0.1, -0.05) is 6.07 Å². The van der Waals surface area contributed by atoms with Crippen LogP contribution in [-0.2, 0) is 4.79 Å². The molecule has 0 aliphatic carbocycles. The number of furan rings is 1. The quantitative estimate of drug-likeness (QED) is 0.425. The molecule has 1 aliphatic rings. The highest BCUT2D eigenvalue weighted by atomic mass is 79.9. The van der Waals surface area contributed by atoms with E-state index >= 15 is 0 Å². The van der Waals surface area contributed by atoms with Crippen LogP contribution in [0.15, 0.2) is 69.2 Å². The highest BCUT2D eigenvalue weighted by Crippen LogP contribution is 2.40. The summed E-state index contributed by atoms with van der Waals surface area (Å²) in [5.41, 5.74) is 3.53. The van der Waals surface area contributed by atoms with Crippen molar-refractivity contribution in [3.05, 3.63) is 75.2 Å². The molecule has 3 aromatic heterocycles. The lowest BCUT2D eigenvalue weighted by molar-refractivity contribution is -0.130. The maximum atomic E-state index is 13.2. The third kappa shape index (κ3) is 3.22. The van der Waals surface area contributed by atoms with Gasteiger partial charge in [0.05, 0.1) is 23.9 Å². The molecule has 0 spiro atoms. The van der Waals surface area contributed by atoms with E-state index in [4.69, 9.17) is 9.83 Å². The molecule has 5 rings (SSSR count). The fourth-order valence-electron chi connectivity index (χ4n) is 3.73. The van der Waals surface area contributed by atoms with Gasteiger partial charge in [-0.3, -0.25) is 20.1 Å². The summed E-state index contributed by atoms with van der Waals surface area (Å²) in [6, 6.07) is 13.3. The van der Waals surface area contributed by atoms with Crippen LogP contribution in [-0.4, -0.2) is 28.8 Å². The molecule has 2 atom stereocenters. The van der Waals surface area contributed by atoms with Gasteiger partial charge in [0.1, 0.15) is 5.58 Å². The molecule has 30 heavy (non-hydrogen) atoms. The molecular weight excluding hydrogens is 464 g/mol. The number of fused-ring (bicyclic) bond motifs is 1. The van der Waals surface area contributed by atoms with Crippen LogP contribution in [0.3, 0.4) is 0 Å². The van der Waals surface area contributed by atoms with Crippen molar-refractivity contribution < 1.29 is 9.21 Å². The Morgan fingerprint density at radius 1 is 1.23 bits per heavy atom. The topological polar surface area (TPSA) is 82.2 Å². The van der Waals surface area contributed by atoms with E-state index in [0.717, 1.165) is 37.1 Å². The summed E-state index contributed by atoms with van der Waals surface area (Å²) in [5.74, 6) is -0.460. The summed E-state index contributed by atoms with van der Waals surface area (Å²) in [6.45, 7) is 0. The molecule has 6 nitrogen and oxygen atoms in total. The van der Waals surface area contributed by atoms with Gasteiger partial charge in [0.25, 0.3) is 0 Å². The zero-order valence-corrected chi connectivity index (χ0v) is 18.3. The summed E-state index contributed by atoms with van der Waals surface area (Å²) >= 11 is 4.97. The van der Waals surface area contributed by atoms with Gasteiger partial charge in [-0.15, -0.1) is 11.3 Å². The molecule has 1 fully saturated rings. The Bertz CT molecular complexity index is 1260. The molecule has 4 heterocycles. The third-order valence-electron chi connectivity index (χ3n) is 5.34. The van der Waals surface area contributed by atoms with Gasteiger partial charge in [0, 0.05) is 38.9 Å². The van der Waals surface area contributed by atoms with E-state index in [9.17, 15) is 4.79 Å². The van der Waals surface area contributed by atoms with E-state index in [2.05, 4.69) is 26.2 Å². The number of hydrogen-bond donors (Lipinski definition) is 2. The number of halogens is 1. The summed E-state index contributed by atoms with van der Waals surface area (Å²) in [5, 5.41) is 14.4. The van der Waals surface area contributed by atoms with Gasteiger partial charge in [-0.25, -0.2) is 0 Å². The number of pyridine rings is 1. The average molecular weight is 481 g/mol. The van der Waals surface area contributed by atoms with E-state index in [1.54, 1.807) is 30.8 Å². The predicted molar refractivity (Wildman–Crippen MR) is 121 cm³/mol. The first kappa shape index (κ1) is 19.0. The van der Waals surface area contributed by atoms with Gasteiger partial charge in [-0.05, 0) is 57.9 Å². The van der Waals surface area contributed by atoms with Crippen LogP contribution in [0, 0.1) is 5.41 Å². The Morgan fingerprint density at radius 3 is 2.90 bits per heavy atom. The Morgan fingerprint density at radius 2 is 2.10 bits per heavy atom. The predicted octanol–water partition coefficient (Wildman–Crippen LogP) is 5.14. The highest BCUT2D eigenvalue weighted by Gasteiger charge is 2.40. The standard InChI is InChI=1S/C22H17BrN4O2S/c1-27-21(28)19(13-2-5-17-12(8-13)6-7-29-17)20(26-22(27)24)18-9-14(11-30-18)16-4-3-15(23)10-25-16/h2-11,19-20H,1H3,(H2,24,26)/t19-,20+/m0/s1. The van der Waals surface area contributed by atoms with Crippen LogP contribution in [0.2, 0.25) is 0 Å². The summed E-state index contributed by atoms with van der Waals surface area (Å²) in [6.07, 6.45) is 3.41. The smallest absolute Gasteiger partial charge is 0.239 e. The summed E-state index contributed by atoms with van der Waals surface area (Å²) < 4.78 is 6.37. The van der Waals surface area contributed by atoms with E-state index in [1.807, 2.05) is 47.8 Å². The number of rotatable bonds is 3. The zero-order valence-electron chi connectivity index (χ0n) is 15.9. The number of hydrogen-bond acceptors (Lipinski definition) is 5. The van der Waals surface area contributed by atoms with Crippen molar-refractivity contribution in [3.63, 3.8) is 0 Å². The fraction of sp³-hybridized carbons (Fsp3) is 0.136. The molecule has 1 amide bonds. The van der Waals surface area contributed by atoms with Crippen molar-refractivity contribution in [1.29, 1.82) is 5.41 Å². The average Bonchev–Trinajstić information content (AvgIpc) is 3.41. The zero-order chi connectivity index (χ0) is 20.8. The van der Waals surface area contributed by atoms with Crippen LogP contribution in [0.1, 0.15) is 22.4 Å². The number of carbonyl (C=O) groups is 1. The number of carbonyl (C=O) groups excluding carboxylic acids is 1. The lowest BCUT2D eigenvalue weighted by Gasteiger charge is -2.37. The van der Waals surface area contributed by atoms with Gasteiger partial charge >= 0.3 is 0 Å². The van der Waals surface area contributed by atoms with Gasteiger partial charge in [-0.2, -0.15) is 0 Å². The molecule has 0 bridgehead atoms. The Balaban J connectivity index is 1.56. The molecule has 2 N–H and O–H groups in total. The SMILES string of the molecule is CN1C(=N)N[C@H](c2cc(-c3ccc(Br)cn3)cs2)[C@H](c2ccc3occc3c2)C1=O. The van der Waals surface area contributed by atoms with Crippen LogP contribution < -0.4 is 5.32 Å². The van der Waals surface area contributed by atoms with E-state index in [-0.39, 0.29) is 17.9 Å². The second-order valence-electron chi connectivity index (χ2n) is 7.16. The molecule has 1 aliphatic heterocycles. The first-order valence-electron chi connectivity index (χ1n) is 9.31. The van der Waals surface area contributed by atoms with Gasteiger partial charge in [0.2, 0.25) is 5.91 Å². The van der Waals surface area contributed by atoms with Crippen molar-refractivity contribution >= 4 is 50.1 Å². The van der Waals surface area contributed by atoms with E-state index in [0.29, 0.717) is 0 Å². The maximum absolute atomic E-state index is 13.2. The number of nitrogens with zero attached hydrogens (tertiary/aromatic N) is 2. The van der Waals surface area contributed by atoms with Crippen LogP contribution in [0.5, 0.6) is 0 Å². The summed E-state index contributed by atoms with van der Waals surface area (Å²) in [4.78, 5) is 20.0. The Labute approximate surface area is 185 Å². The second-order valence-corrected chi connectivity index (χ2v) is 9.02. The molecule has 150 valence electrons.